The molecule has 0 unspecified atom stereocenters. The molecule has 182 valence electrons. The van der Waals surface area contributed by atoms with E-state index in [2.05, 4.69) is 70.4 Å². The number of carbonyl (C=O) groups excluding carboxylic acids is 1. The number of para-hydroxylation sites is 1. The van der Waals surface area contributed by atoms with Crippen molar-refractivity contribution in [1.82, 2.24) is 9.47 Å². The first-order valence-corrected chi connectivity index (χ1v) is 13.3. The van der Waals surface area contributed by atoms with Crippen LogP contribution in [0.4, 0.5) is 0 Å². The minimum atomic E-state index is -0.387. The van der Waals surface area contributed by atoms with E-state index >= 15 is 0 Å². The zero-order valence-corrected chi connectivity index (χ0v) is 21.2. The van der Waals surface area contributed by atoms with Gasteiger partial charge in [-0.05, 0) is 34.0 Å². The molecule has 0 atom stereocenters. The Balaban J connectivity index is 1.30. The van der Waals surface area contributed by atoms with Gasteiger partial charge in [0, 0.05) is 34.6 Å². The van der Waals surface area contributed by atoms with Crippen LogP contribution in [0.15, 0.2) is 119 Å². The number of nitrogens with zero attached hydrogens (tertiary/aromatic N) is 3. The van der Waals surface area contributed by atoms with Crippen LogP contribution in [0.2, 0.25) is 0 Å². The lowest BCUT2D eigenvalue weighted by Gasteiger charge is -2.26. The van der Waals surface area contributed by atoms with Crippen molar-refractivity contribution in [2.24, 2.45) is 4.99 Å². The van der Waals surface area contributed by atoms with Crippen LogP contribution in [0.5, 0.6) is 0 Å². The molecule has 5 aromatic rings. The molecule has 6 heteroatoms. The monoisotopic (exact) mass is 510 g/mol. The summed E-state index contributed by atoms with van der Waals surface area (Å²) in [6.45, 7) is 0.697. The summed E-state index contributed by atoms with van der Waals surface area (Å²) in [4.78, 5) is 19.2. The van der Waals surface area contributed by atoms with E-state index in [0.29, 0.717) is 11.7 Å². The Morgan fingerprint density at radius 3 is 2.45 bits per heavy atom. The van der Waals surface area contributed by atoms with E-state index in [9.17, 15) is 4.79 Å². The molecule has 0 radical (unpaired) electrons. The maximum atomic E-state index is 13.1. The predicted molar refractivity (Wildman–Crippen MR) is 157 cm³/mol. The van der Waals surface area contributed by atoms with Gasteiger partial charge in [0.2, 0.25) is 0 Å². The number of carbonyl (C=O) groups is 1. The van der Waals surface area contributed by atoms with Crippen molar-refractivity contribution in [2.75, 3.05) is 0 Å². The van der Waals surface area contributed by atoms with E-state index in [1.54, 1.807) is 4.90 Å². The van der Waals surface area contributed by atoms with Crippen LogP contribution in [-0.4, -0.2) is 26.4 Å². The van der Waals surface area contributed by atoms with Crippen molar-refractivity contribution < 1.29 is 4.79 Å². The fourth-order valence-electron chi connectivity index (χ4n) is 5.20. The number of rotatable bonds is 4. The molecule has 5 nitrogen and oxygen atoms in total. The van der Waals surface area contributed by atoms with E-state index < -0.39 is 0 Å². The lowest BCUT2D eigenvalue weighted by molar-refractivity contribution is -0.114. The van der Waals surface area contributed by atoms with Gasteiger partial charge >= 0.3 is 0 Å². The van der Waals surface area contributed by atoms with Gasteiger partial charge in [-0.25, -0.2) is 0 Å². The first-order chi connectivity index (χ1) is 18.7. The summed E-state index contributed by atoms with van der Waals surface area (Å²) in [6.07, 6.45) is 3.89. The maximum absolute atomic E-state index is 13.1. The normalized spacial score (nSPS) is 16.3. The SMILES string of the molecule is N=C1C(=Cc2cn(Cc3cccc4ccccc34)c3ccccc23)C(=O)N=C2SC=C(c3ccccc3)N12. The summed E-state index contributed by atoms with van der Waals surface area (Å²) in [5, 5.41) is 15.0. The second-order valence-electron chi connectivity index (χ2n) is 9.30. The molecule has 0 fully saturated rings. The third-order valence-electron chi connectivity index (χ3n) is 7.02. The van der Waals surface area contributed by atoms with Crippen LogP contribution in [-0.2, 0) is 11.3 Å². The smallest absolute Gasteiger partial charge is 0.283 e. The zero-order valence-electron chi connectivity index (χ0n) is 20.3. The van der Waals surface area contributed by atoms with Crippen molar-refractivity contribution in [1.29, 1.82) is 5.41 Å². The second-order valence-corrected chi connectivity index (χ2v) is 10.1. The lowest BCUT2D eigenvalue weighted by atomic mass is 10.0. The Bertz CT molecular complexity index is 1860. The van der Waals surface area contributed by atoms with E-state index in [0.717, 1.165) is 27.7 Å². The molecule has 0 saturated carbocycles. The number of thioether (sulfide) groups is 1. The summed E-state index contributed by atoms with van der Waals surface area (Å²) in [6, 6.07) is 32.9. The summed E-state index contributed by atoms with van der Waals surface area (Å²) in [7, 11) is 0. The Kier molecular flexibility index (Phi) is 5.34. The molecule has 0 saturated heterocycles. The minimum absolute atomic E-state index is 0.144. The maximum Gasteiger partial charge on any atom is 0.283 e. The molecular formula is C32H22N4OS. The molecule has 38 heavy (non-hydrogen) atoms. The molecule has 1 amide bonds. The summed E-state index contributed by atoms with van der Waals surface area (Å²) < 4.78 is 2.22. The van der Waals surface area contributed by atoms with Gasteiger partial charge < -0.3 is 4.57 Å². The summed E-state index contributed by atoms with van der Waals surface area (Å²) in [5.74, 6) is -0.242. The predicted octanol–water partition coefficient (Wildman–Crippen LogP) is 7.15. The quantitative estimate of drug-likeness (QED) is 0.261. The average molecular weight is 511 g/mol. The fraction of sp³-hybridized carbons (Fsp3) is 0.0312. The summed E-state index contributed by atoms with van der Waals surface area (Å²) >= 11 is 1.37. The first kappa shape index (κ1) is 22.5. The van der Waals surface area contributed by atoms with E-state index in [1.807, 2.05) is 53.9 Å². The van der Waals surface area contributed by atoms with Gasteiger partial charge in [-0.2, -0.15) is 4.99 Å². The average Bonchev–Trinajstić information content (AvgIpc) is 3.53. The Hall–Kier alpha value is -4.68. The molecule has 1 aromatic heterocycles. The van der Waals surface area contributed by atoms with Gasteiger partial charge in [0.05, 0.1) is 11.3 Å². The van der Waals surface area contributed by atoms with Crippen LogP contribution in [0.3, 0.4) is 0 Å². The van der Waals surface area contributed by atoms with Crippen molar-refractivity contribution in [3.8, 4) is 0 Å². The van der Waals surface area contributed by atoms with Gasteiger partial charge in [-0.1, -0.05) is 103 Å². The van der Waals surface area contributed by atoms with E-state index in [4.69, 9.17) is 5.41 Å². The number of amides is 1. The number of fused-ring (bicyclic) bond motifs is 3. The van der Waals surface area contributed by atoms with Gasteiger partial charge in [-0.3, -0.25) is 15.1 Å². The van der Waals surface area contributed by atoms with Crippen LogP contribution < -0.4 is 0 Å². The van der Waals surface area contributed by atoms with Gasteiger partial charge in [0.1, 0.15) is 5.84 Å². The second kappa shape index (κ2) is 9.01. The molecule has 0 spiro atoms. The molecule has 1 N–H and O–H groups in total. The number of hydrogen-bond acceptors (Lipinski definition) is 3. The Morgan fingerprint density at radius 2 is 1.58 bits per heavy atom. The van der Waals surface area contributed by atoms with Gasteiger partial charge in [-0.15, -0.1) is 0 Å². The highest BCUT2D eigenvalue weighted by molar-refractivity contribution is 8.17. The molecule has 0 aliphatic carbocycles. The molecule has 4 aromatic carbocycles. The van der Waals surface area contributed by atoms with Crippen LogP contribution in [0.25, 0.3) is 33.4 Å². The fourth-order valence-corrected chi connectivity index (χ4v) is 6.09. The molecule has 3 heterocycles. The van der Waals surface area contributed by atoms with Crippen molar-refractivity contribution >= 4 is 62.1 Å². The number of benzene rings is 4. The van der Waals surface area contributed by atoms with Crippen LogP contribution >= 0.6 is 11.8 Å². The number of nitrogens with one attached hydrogen (secondary N) is 1. The topological polar surface area (TPSA) is 61.5 Å². The van der Waals surface area contributed by atoms with Crippen LogP contribution in [0, 0.1) is 5.41 Å². The molecular weight excluding hydrogens is 488 g/mol. The van der Waals surface area contributed by atoms with Crippen molar-refractivity contribution in [2.45, 2.75) is 6.54 Å². The zero-order chi connectivity index (χ0) is 25.6. The van der Waals surface area contributed by atoms with E-state index in [1.165, 1.54) is 28.1 Å². The number of aromatic nitrogens is 1. The van der Waals surface area contributed by atoms with Crippen LogP contribution in [0.1, 0.15) is 16.7 Å². The highest BCUT2D eigenvalue weighted by Crippen LogP contribution is 2.38. The number of aliphatic imine (C=N–C) groups is 1. The molecule has 0 bridgehead atoms. The Labute approximate surface area is 223 Å². The van der Waals surface area contributed by atoms with Gasteiger partial charge in [0.15, 0.2) is 5.17 Å². The Morgan fingerprint density at radius 1 is 0.842 bits per heavy atom. The summed E-state index contributed by atoms with van der Waals surface area (Å²) in [5.41, 5.74) is 5.32. The first-order valence-electron chi connectivity index (χ1n) is 12.4. The van der Waals surface area contributed by atoms with Gasteiger partial charge in [0.25, 0.3) is 5.91 Å². The lowest BCUT2D eigenvalue weighted by Crippen LogP contribution is -2.37. The minimum Gasteiger partial charge on any atom is -0.342 e. The molecule has 7 rings (SSSR count). The van der Waals surface area contributed by atoms with Crippen molar-refractivity contribution in [3.63, 3.8) is 0 Å². The largest absolute Gasteiger partial charge is 0.342 e. The number of amidine groups is 2. The van der Waals surface area contributed by atoms with Crippen molar-refractivity contribution in [3.05, 3.63) is 131 Å². The third kappa shape index (κ3) is 3.69. The third-order valence-corrected chi connectivity index (χ3v) is 7.85. The highest BCUT2D eigenvalue weighted by atomic mass is 32.2. The standard InChI is InChI=1S/C32H22N4OS/c33-30-27(31(37)34-32-36(30)29(20-38-32)22-10-2-1-3-11-22)17-24-19-35(28-16-7-6-15-26(24)28)18-23-13-8-12-21-9-4-5-14-25(21)23/h1-17,19-20,33H,18H2. The number of hydrogen-bond donors (Lipinski definition) is 1. The highest BCUT2D eigenvalue weighted by Gasteiger charge is 2.36. The molecule has 2 aliphatic rings. The molecule has 2 aliphatic heterocycles. The van der Waals surface area contributed by atoms with E-state index in [-0.39, 0.29) is 17.3 Å².